The standard InChI is InChI=1S/C11H9N5O/c17-15-10-9(8-4-2-1-3-5-8)6-12-11-13-7-14-16(10)11/h1-7,15,17H. The normalized spacial score (nSPS) is 10.6. The van der Waals surface area contributed by atoms with Crippen molar-refractivity contribution in [3.05, 3.63) is 42.9 Å². The van der Waals surface area contributed by atoms with E-state index in [2.05, 4.69) is 20.5 Å². The molecule has 0 unspecified atom stereocenters. The molecule has 0 spiro atoms. The Labute approximate surface area is 96.5 Å². The fraction of sp³-hybridized carbons (Fsp3) is 0. The Hall–Kier alpha value is -2.47. The van der Waals surface area contributed by atoms with E-state index in [1.165, 1.54) is 10.8 Å². The van der Waals surface area contributed by atoms with E-state index in [4.69, 9.17) is 0 Å². The van der Waals surface area contributed by atoms with Gasteiger partial charge in [-0.05, 0) is 5.56 Å². The molecule has 0 saturated heterocycles. The molecule has 2 N–H and O–H groups in total. The summed E-state index contributed by atoms with van der Waals surface area (Å²) in [5.41, 5.74) is 3.84. The predicted octanol–water partition coefficient (Wildman–Crippen LogP) is 1.59. The van der Waals surface area contributed by atoms with Gasteiger partial charge in [0.05, 0.1) is 0 Å². The largest absolute Gasteiger partial charge is 0.290 e. The zero-order valence-electron chi connectivity index (χ0n) is 8.78. The Bertz CT molecular complexity index is 649. The number of hydrogen-bond acceptors (Lipinski definition) is 5. The van der Waals surface area contributed by atoms with Crippen LogP contribution >= 0.6 is 0 Å². The van der Waals surface area contributed by atoms with E-state index < -0.39 is 0 Å². The van der Waals surface area contributed by atoms with Crippen LogP contribution in [0, 0.1) is 0 Å². The van der Waals surface area contributed by atoms with Crippen LogP contribution in [0.4, 0.5) is 5.82 Å². The highest BCUT2D eigenvalue weighted by Gasteiger charge is 2.10. The zero-order valence-corrected chi connectivity index (χ0v) is 8.78. The van der Waals surface area contributed by atoms with E-state index in [0.29, 0.717) is 11.6 Å². The summed E-state index contributed by atoms with van der Waals surface area (Å²) in [6, 6.07) is 9.63. The predicted molar refractivity (Wildman–Crippen MR) is 61.6 cm³/mol. The fourth-order valence-corrected chi connectivity index (χ4v) is 1.72. The van der Waals surface area contributed by atoms with Gasteiger partial charge in [-0.15, -0.1) is 0 Å². The topological polar surface area (TPSA) is 75.3 Å². The van der Waals surface area contributed by atoms with Crippen molar-refractivity contribution in [2.24, 2.45) is 0 Å². The van der Waals surface area contributed by atoms with Crippen LogP contribution in [0.3, 0.4) is 0 Å². The zero-order chi connectivity index (χ0) is 11.7. The van der Waals surface area contributed by atoms with Crippen LogP contribution in [0.25, 0.3) is 16.9 Å². The van der Waals surface area contributed by atoms with Crippen molar-refractivity contribution in [2.45, 2.75) is 0 Å². The lowest BCUT2D eigenvalue weighted by atomic mass is 10.1. The van der Waals surface area contributed by atoms with Crippen molar-refractivity contribution in [3.63, 3.8) is 0 Å². The van der Waals surface area contributed by atoms with Gasteiger partial charge in [0.15, 0.2) is 5.82 Å². The van der Waals surface area contributed by atoms with E-state index in [1.807, 2.05) is 30.3 Å². The molecule has 0 aliphatic rings. The minimum atomic E-state index is 0.432. The van der Waals surface area contributed by atoms with E-state index in [-0.39, 0.29) is 0 Å². The summed E-state index contributed by atoms with van der Waals surface area (Å²) in [6.45, 7) is 0. The van der Waals surface area contributed by atoms with Crippen molar-refractivity contribution in [1.82, 2.24) is 19.6 Å². The third-order valence-corrected chi connectivity index (χ3v) is 2.50. The van der Waals surface area contributed by atoms with E-state index in [0.717, 1.165) is 11.1 Å². The Morgan fingerprint density at radius 3 is 2.71 bits per heavy atom. The first kappa shape index (κ1) is 9.73. The molecule has 84 valence electrons. The second-order valence-corrected chi connectivity index (χ2v) is 3.47. The molecule has 0 radical (unpaired) electrons. The van der Waals surface area contributed by atoms with Crippen LogP contribution in [-0.2, 0) is 0 Å². The number of anilines is 1. The van der Waals surface area contributed by atoms with Crippen LogP contribution in [0.1, 0.15) is 0 Å². The number of benzene rings is 1. The van der Waals surface area contributed by atoms with E-state index in [1.54, 1.807) is 6.20 Å². The molecule has 3 rings (SSSR count). The molecule has 0 saturated carbocycles. The monoisotopic (exact) mass is 227 g/mol. The molecule has 0 amide bonds. The number of nitrogens with one attached hydrogen (secondary N) is 1. The SMILES string of the molecule is ONc1c(-c2ccccc2)cnc2ncnn12. The van der Waals surface area contributed by atoms with Crippen molar-refractivity contribution in [1.29, 1.82) is 0 Å². The van der Waals surface area contributed by atoms with Crippen molar-refractivity contribution < 1.29 is 5.21 Å². The molecular formula is C11H9N5O. The molecule has 0 fully saturated rings. The van der Waals surface area contributed by atoms with E-state index in [9.17, 15) is 5.21 Å². The van der Waals surface area contributed by atoms with Crippen LogP contribution in [-0.4, -0.2) is 24.8 Å². The number of aromatic nitrogens is 4. The molecule has 0 atom stereocenters. The van der Waals surface area contributed by atoms with Crippen molar-refractivity contribution in [3.8, 4) is 11.1 Å². The van der Waals surface area contributed by atoms with Gasteiger partial charge in [0, 0.05) is 11.8 Å². The Morgan fingerprint density at radius 1 is 1.12 bits per heavy atom. The highest BCUT2D eigenvalue weighted by Crippen LogP contribution is 2.26. The minimum Gasteiger partial charge on any atom is -0.290 e. The second-order valence-electron chi connectivity index (χ2n) is 3.47. The Kier molecular flexibility index (Phi) is 2.20. The lowest BCUT2D eigenvalue weighted by Crippen LogP contribution is -2.03. The maximum atomic E-state index is 9.23. The molecular weight excluding hydrogens is 218 g/mol. The van der Waals surface area contributed by atoms with Gasteiger partial charge in [-0.2, -0.15) is 14.6 Å². The molecule has 17 heavy (non-hydrogen) atoms. The molecule has 1 aromatic carbocycles. The van der Waals surface area contributed by atoms with Crippen molar-refractivity contribution >= 4 is 11.6 Å². The summed E-state index contributed by atoms with van der Waals surface area (Å²) in [6.07, 6.45) is 3.04. The van der Waals surface area contributed by atoms with Crippen LogP contribution in [0.2, 0.25) is 0 Å². The van der Waals surface area contributed by atoms with E-state index >= 15 is 0 Å². The van der Waals surface area contributed by atoms with Gasteiger partial charge in [-0.25, -0.2) is 4.98 Å². The van der Waals surface area contributed by atoms with Crippen molar-refractivity contribution in [2.75, 3.05) is 5.48 Å². The average molecular weight is 227 g/mol. The molecule has 0 aliphatic carbocycles. The smallest absolute Gasteiger partial charge is 0.254 e. The Balaban J connectivity index is 2.29. The molecule has 0 aliphatic heterocycles. The molecule has 6 nitrogen and oxygen atoms in total. The quantitative estimate of drug-likeness (QED) is 0.650. The van der Waals surface area contributed by atoms with Crippen LogP contribution < -0.4 is 5.48 Å². The third kappa shape index (κ3) is 1.51. The first-order valence-corrected chi connectivity index (χ1v) is 5.04. The maximum absolute atomic E-state index is 9.23. The minimum absolute atomic E-state index is 0.432. The summed E-state index contributed by atoms with van der Waals surface area (Å²) in [5.74, 6) is 0.875. The first-order chi connectivity index (χ1) is 8.40. The number of rotatable bonds is 2. The summed E-state index contributed by atoms with van der Waals surface area (Å²) in [7, 11) is 0. The summed E-state index contributed by atoms with van der Waals surface area (Å²) < 4.78 is 1.45. The molecule has 2 aromatic heterocycles. The van der Waals surface area contributed by atoms with Gasteiger partial charge in [0.25, 0.3) is 5.78 Å². The summed E-state index contributed by atoms with van der Waals surface area (Å²) >= 11 is 0. The summed E-state index contributed by atoms with van der Waals surface area (Å²) in [5, 5.41) is 13.2. The third-order valence-electron chi connectivity index (χ3n) is 2.50. The molecule has 3 aromatic rings. The molecule has 6 heteroatoms. The summed E-state index contributed by atoms with van der Waals surface area (Å²) in [4.78, 5) is 8.12. The van der Waals surface area contributed by atoms with Gasteiger partial charge in [0.2, 0.25) is 0 Å². The van der Waals surface area contributed by atoms with Crippen LogP contribution in [0.5, 0.6) is 0 Å². The lowest BCUT2D eigenvalue weighted by molar-refractivity contribution is 0.384. The number of hydrogen-bond donors (Lipinski definition) is 2. The Morgan fingerprint density at radius 2 is 1.94 bits per heavy atom. The fourth-order valence-electron chi connectivity index (χ4n) is 1.72. The number of nitrogens with zero attached hydrogens (tertiary/aromatic N) is 4. The van der Waals surface area contributed by atoms with Gasteiger partial charge in [-0.1, -0.05) is 30.3 Å². The number of fused-ring (bicyclic) bond motifs is 1. The van der Waals surface area contributed by atoms with Gasteiger partial charge in [0.1, 0.15) is 6.33 Å². The first-order valence-electron chi connectivity index (χ1n) is 5.04. The van der Waals surface area contributed by atoms with Gasteiger partial charge in [-0.3, -0.25) is 10.7 Å². The highest BCUT2D eigenvalue weighted by atomic mass is 16.5. The second kappa shape index (κ2) is 3.84. The lowest BCUT2D eigenvalue weighted by Gasteiger charge is -2.08. The average Bonchev–Trinajstić information content (AvgIpc) is 2.86. The molecule has 2 heterocycles. The maximum Gasteiger partial charge on any atom is 0.254 e. The molecule has 0 bridgehead atoms. The van der Waals surface area contributed by atoms with Gasteiger partial charge < -0.3 is 0 Å². The van der Waals surface area contributed by atoms with Crippen LogP contribution in [0.15, 0.2) is 42.9 Å². The van der Waals surface area contributed by atoms with Gasteiger partial charge >= 0.3 is 0 Å². The highest BCUT2D eigenvalue weighted by molar-refractivity contribution is 5.75.